The highest BCUT2D eigenvalue weighted by atomic mass is 16.5. The maximum atomic E-state index is 13.3. The quantitative estimate of drug-likeness (QED) is 0.318. The molecule has 1 N–H and O–H groups in total. The molecule has 0 radical (unpaired) electrons. The van der Waals surface area contributed by atoms with Gasteiger partial charge in [-0.05, 0) is 50.1 Å². The summed E-state index contributed by atoms with van der Waals surface area (Å²) in [4.78, 5) is 30.0. The molecule has 1 fully saturated rings. The van der Waals surface area contributed by atoms with Gasteiger partial charge in [0.05, 0.1) is 35.7 Å². The van der Waals surface area contributed by atoms with Gasteiger partial charge < -0.3 is 9.84 Å². The smallest absolute Gasteiger partial charge is 0.338 e. The summed E-state index contributed by atoms with van der Waals surface area (Å²) in [5.74, 6) is 0.0333. The lowest BCUT2D eigenvalue weighted by molar-refractivity contribution is 0.0526. The number of nitrogens with zero attached hydrogens (tertiary/aromatic N) is 4. The maximum absolute atomic E-state index is 13.3. The number of aliphatic imine (C=N–C) groups is 1. The molecule has 2 aromatic heterocycles. The molecule has 1 aliphatic rings. The molecule has 1 aliphatic carbocycles. The number of aromatic hydroxyl groups is 1. The van der Waals surface area contributed by atoms with Crippen LogP contribution in [-0.4, -0.2) is 38.2 Å². The lowest BCUT2D eigenvalue weighted by Crippen LogP contribution is -2.20. The van der Waals surface area contributed by atoms with Gasteiger partial charge in [0, 0.05) is 23.1 Å². The molecule has 4 aromatic rings. The van der Waals surface area contributed by atoms with E-state index in [1.165, 1.54) is 17.4 Å². The summed E-state index contributed by atoms with van der Waals surface area (Å²) >= 11 is 0. The van der Waals surface area contributed by atoms with Crippen molar-refractivity contribution in [3.8, 4) is 11.6 Å². The zero-order valence-corrected chi connectivity index (χ0v) is 19.4. The Hall–Kier alpha value is -4.20. The van der Waals surface area contributed by atoms with E-state index in [4.69, 9.17) is 4.74 Å². The van der Waals surface area contributed by atoms with Crippen LogP contribution >= 0.6 is 0 Å². The van der Waals surface area contributed by atoms with Gasteiger partial charge in [-0.15, -0.1) is 0 Å². The van der Waals surface area contributed by atoms with Crippen LogP contribution in [0.15, 0.2) is 70.6 Å². The number of hydrogen-bond acceptors (Lipinski definition) is 6. The zero-order chi connectivity index (χ0) is 24.4. The molecule has 0 spiro atoms. The van der Waals surface area contributed by atoms with Crippen molar-refractivity contribution in [2.24, 2.45) is 4.99 Å². The second-order valence-electron chi connectivity index (χ2n) is 8.52. The van der Waals surface area contributed by atoms with Gasteiger partial charge in [-0.2, -0.15) is 5.10 Å². The Morgan fingerprint density at radius 3 is 2.54 bits per heavy atom. The van der Waals surface area contributed by atoms with E-state index >= 15 is 0 Å². The van der Waals surface area contributed by atoms with Crippen LogP contribution in [0.3, 0.4) is 0 Å². The number of hydrogen-bond donors (Lipinski definition) is 1. The highest BCUT2D eigenvalue weighted by Crippen LogP contribution is 2.32. The largest absolute Gasteiger partial charge is 0.494 e. The monoisotopic (exact) mass is 470 g/mol. The van der Waals surface area contributed by atoms with Gasteiger partial charge in [0.25, 0.3) is 5.56 Å². The Morgan fingerprint density at radius 1 is 1.11 bits per heavy atom. The van der Waals surface area contributed by atoms with Crippen LogP contribution in [0.5, 0.6) is 5.88 Å². The molecular weight excluding hydrogens is 444 g/mol. The number of carbonyl (C=O) groups excluding carboxylic acids is 1. The minimum absolute atomic E-state index is 0.228. The molecule has 0 unspecified atom stereocenters. The number of benzene rings is 2. The molecule has 178 valence electrons. The lowest BCUT2D eigenvalue weighted by Gasteiger charge is -2.14. The Labute approximate surface area is 202 Å². The van der Waals surface area contributed by atoms with Crippen LogP contribution in [0.2, 0.25) is 0 Å². The first kappa shape index (κ1) is 22.6. The molecule has 0 saturated heterocycles. The minimum Gasteiger partial charge on any atom is -0.494 e. The topological polar surface area (TPSA) is 98.7 Å². The Bertz CT molecular complexity index is 1460. The summed E-state index contributed by atoms with van der Waals surface area (Å²) in [7, 11) is 0. The van der Waals surface area contributed by atoms with Crippen molar-refractivity contribution in [1.29, 1.82) is 0 Å². The van der Waals surface area contributed by atoms with Gasteiger partial charge in [-0.25, -0.2) is 19.0 Å². The van der Waals surface area contributed by atoms with Crippen molar-refractivity contribution in [3.05, 3.63) is 82.3 Å². The number of pyridine rings is 1. The molecule has 8 heteroatoms. The molecule has 2 heterocycles. The Balaban J connectivity index is 1.60. The van der Waals surface area contributed by atoms with Crippen molar-refractivity contribution in [3.63, 3.8) is 0 Å². The SMILES string of the molecule is CCOC(=O)c1ccc(-n2c(O)c(C=Nc3ccnn3C3CCCC3)c3ccccc3c2=O)cc1. The zero-order valence-electron chi connectivity index (χ0n) is 19.4. The molecule has 2 aromatic carbocycles. The minimum atomic E-state index is -0.444. The average molecular weight is 471 g/mol. The standard InChI is InChI=1S/C27H26N4O4/c1-2-35-27(34)18-11-13-19(14-12-18)30-25(32)22-10-6-5-9-21(22)23(26(30)33)17-28-24-15-16-29-31(24)20-7-3-4-8-20/h5-6,9-17,20,33H,2-4,7-8H2,1H3. The van der Waals surface area contributed by atoms with Crippen molar-refractivity contribution in [1.82, 2.24) is 14.3 Å². The van der Waals surface area contributed by atoms with Gasteiger partial charge in [-0.3, -0.25) is 4.79 Å². The molecule has 5 rings (SSSR count). The first-order valence-corrected chi connectivity index (χ1v) is 11.8. The predicted octanol–water partition coefficient (Wildman–Crippen LogP) is 4.94. The number of aromatic nitrogens is 3. The van der Waals surface area contributed by atoms with Gasteiger partial charge >= 0.3 is 5.97 Å². The Kier molecular flexibility index (Phi) is 6.18. The van der Waals surface area contributed by atoms with E-state index in [9.17, 15) is 14.7 Å². The van der Waals surface area contributed by atoms with Crippen LogP contribution < -0.4 is 5.56 Å². The molecule has 0 bridgehead atoms. The third-order valence-corrected chi connectivity index (χ3v) is 6.39. The van der Waals surface area contributed by atoms with E-state index in [1.54, 1.807) is 61.8 Å². The molecule has 0 amide bonds. The van der Waals surface area contributed by atoms with Gasteiger partial charge in [-0.1, -0.05) is 31.0 Å². The number of esters is 1. The summed E-state index contributed by atoms with van der Waals surface area (Å²) in [6, 6.07) is 15.7. The van der Waals surface area contributed by atoms with Crippen LogP contribution in [-0.2, 0) is 4.74 Å². The van der Waals surface area contributed by atoms with E-state index < -0.39 is 5.97 Å². The Morgan fingerprint density at radius 2 is 1.83 bits per heavy atom. The molecule has 8 nitrogen and oxygen atoms in total. The highest BCUT2D eigenvalue weighted by Gasteiger charge is 2.20. The molecule has 35 heavy (non-hydrogen) atoms. The second-order valence-corrected chi connectivity index (χ2v) is 8.52. The van der Waals surface area contributed by atoms with Crippen molar-refractivity contribution in [2.75, 3.05) is 6.61 Å². The van der Waals surface area contributed by atoms with Crippen LogP contribution in [0, 0.1) is 0 Å². The summed E-state index contributed by atoms with van der Waals surface area (Å²) in [6.07, 6.45) is 7.83. The van der Waals surface area contributed by atoms with E-state index in [1.807, 2.05) is 16.8 Å². The first-order valence-electron chi connectivity index (χ1n) is 11.8. The van der Waals surface area contributed by atoms with Crippen LogP contribution in [0.4, 0.5) is 5.82 Å². The summed E-state index contributed by atoms with van der Waals surface area (Å²) in [5.41, 5.74) is 0.854. The van der Waals surface area contributed by atoms with E-state index in [-0.39, 0.29) is 18.0 Å². The fraction of sp³-hybridized carbons (Fsp3) is 0.259. The van der Waals surface area contributed by atoms with Gasteiger partial charge in [0.2, 0.25) is 5.88 Å². The van der Waals surface area contributed by atoms with E-state index in [0.717, 1.165) is 12.8 Å². The van der Waals surface area contributed by atoms with Crippen molar-refractivity contribution in [2.45, 2.75) is 38.6 Å². The lowest BCUT2D eigenvalue weighted by atomic mass is 10.1. The third kappa shape index (κ3) is 4.23. The fourth-order valence-electron chi connectivity index (χ4n) is 4.66. The average Bonchev–Trinajstić information content (AvgIpc) is 3.57. The molecule has 0 aliphatic heterocycles. The first-order chi connectivity index (χ1) is 17.1. The number of fused-ring (bicyclic) bond motifs is 1. The van der Waals surface area contributed by atoms with E-state index in [0.29, 0.717) is 39.4 Å². The van der Waals surface area contributed by atoms with Crippen LogP contribution in [0.25, 0.3) is 16.5 Å². The van der Waals surface area contributed by atoms with Crippen molar-refractivity contribution >= 4 is 28.8 Å². The third-order valence-electron chi connectivity index (χ3n) is 6.39. The second kappa shape index (κ2) is 9.58. The van der Waals surface area contributed by atoms with Gasteiger partial charge in [0.15, 0.2) is 5.82 Å². The molecule has 0 atom stereocenters. The maximum Gasteiger partial charge on any atom is 0.338 e. The summed E-state index contributed by atoms with van der Waals surface area (Å²) in [5, 5.41) is 16.8. The number of carbonyl (C=O) groups is 1. The highest BCUT2D eigenvalue weighted by molar-refractivity contribution is 6.02. The van der Waals surface area contributed by atoms with Crippen LogP contribution in [0.1, 0.15) is 54.6 Å². The number of ether oxygens (including phenoxy) is 1. The summed E-state index contributed by atoms with van der Waals surface area (Å²) < 4.78 is 8.20. The molecular formula is C27H26N4O4. The normalized spacial score (nSPS) is 14.2. The molecule has 1 saturated carbocycles. The summed E-state index contributed by atoms with van der Waals surface area (Å²) in [6.45, 7) is 2.01. The number of rotatable bonds is 6. The fourth-order valence-corrected chi connectivity index (χ4v) is 4.66. The van der Waals surface area contributed by atoms with E-state index in [2.05, 4.69) is 10.1 Å². The van der Waals surface area contributed by atoms with Crippen molar-refractivity contribution < 1.29 is 14.6 Å². The predicted molar refractivity (Wildman–Crippen MR) is 134 cm³/mol. The van der Waals surface area contributed by atoms with Gasteiger partial charge in [0.1, 0.15) is 0 Å².